The van der Waals surface area contributed by atoms with Crippen LogP contribution in [0, 0.1) is 11.6 Å². The zero-order valence-electron chi connectivity index (χ0n) is 18.9. The predicted octanol–water partition coefficient (Wildman–Crippen LogP) is 3.74. The van der Waals surface area contributed by atoms with Gasteiger partial charge in [0.15, 0.2) is 0 Å². The van der Waals surface area contributed by atoms with Gasteiger partial charge in [-0.25, -0.2) is 18.0 Å². The van der Waals surface area contributed by atoms with Crippen LogP contribution in [-0.2, 0) is 5.54 Å². The summed E-state index contributed by atoms with van der Waals surface area (Å²) in [6, 6.07) is 11.3. The standard InChI is InChI=1S/C25H30F3N3O2/c1-29-11-10-23(22(28)15-29)30(2)24(33)31-14-17(20-12-19(26)8-9-21(20)27)13-25(31,16-32)18-6-4-3-5-7-18/h3-9,12,17,22-23,32H,10-11,13-16H2,1-2H3/t17?,22-,23+,25-/m1/s1. The number of likely N-dealkylation sites (tertiary alicyclic amines) is 2. The maximum Gasteiger partial charge on any atom is 0.320 e. The molecule has 2 saturated heterocycles. The Kier molecular flexibility index (Phi) is 6.68. The Hall–Kier alpha value is -2.58. The second kappa shape index (κ2) is 9.35. The van der Waals surface area contributed by atoms with Gasteiger partial charge < -0.3 is 19.8 Å². The molecule has 0 spiro atoms. The number of amides is 2. The maximum absolute atomic E-state index is 14.8. The van der Waals surface area contributed by atoms with Crippen molar-refractivity contribution in [3.8, 4) is 0 Å². The highest BCUT2D eigenvalue weighted by Crippen LogP contribution is 2.46. The molecule has 33 heavy (non-hydrogen) atoms. The lowest BCUT2D eigenvalue weighted by atomic mass is 9.83. The van der Waals surface area contributed by atoms with E-state index in [2.05, 4.69) is 0 Å². The summed E-state index contributed by atoms with van der Waals surface area (Å²) in [5, 5.41) is 10.6. The van der Waals surface area contributed by atoms with Crippen LogP contribution in [0.2, 0.25) is 0 Å². The summed E-state index contributed by atoms with van der Waals surface area (Å²) in [6.45, 7) is 0.603. The lowest BCUT2D eigenvalue weighted by molar-refractivity contribution is 0.0339. The Morgan fingerprint density at radius 3 is 2.58 bits per heavy atom. The minimum absolute atomic E-state index is 0.0859. The van der Waals surface area contributed by atoms with Crippen molar-refractivity contribution in [2.75, 3.05) is 40.3 Å². The van der Waals surface area contributed by atoms with Crippen LogP contribution in [0.5, 0.6) is 0 Å². The predicted molar refractivity (Wildman–Crippen MR) is 120 cm³/mol. The number of aliphatic hydroxyl groups excluding tert-OH is 1. The van der Waals surface area contributed by atoms with Crippen LogP contribution in [0.4, 0.5) is 18.0 Å². The summed E-state index contributed by atoms with van der Waals surface area (Å²) in [4.78, 5) is 18.6. The van der Waals surface area contributed by atoms with Crippen LogP contribution in [0.1, 0.15) is 29.9 Å². The molecule has 4 atom stereocenters. The van der Waals surface area contributed by atoms with Crippen molar-refractivity contribution in [1.82, 2.24) is 14.7 Å². The molecule has 0 bridgehead atoms. The number of carbonyl (C=O) groups is 1. The number of benzene rings is 2. The van der Waals surface area contributed by atoms with E-state index in [1.165, 1.54) is 9.80 Å². The smallest absolute Gasteiger partial charge is 0.320 e. The van der Waals surface area contributed by atoms with Crippen LogP contribution in [0.25, 0.3) is 0 Å². The number of halogens is 3. The number of nitrogens with zero attached hydrogens (tertiary/aromatic N) is 3. The van der Waals surface area contributed by atoms with Crippen molar-refractivity contribution in [3.05, 3.63) is 71.3 Å². The summed E-state index contributed by atoms with van der Waals surface area (Å²) in [5.41, 5.74) is -0.258. The third-order valence-electron chi connectivity index (χ3n) is 7.21. The number of hydrogen-bond acceptors (Lipinski definition) is 3. The first-order valence-electron chi connectivity index (χ1n) is 11.2. The van der Waals surface area contributed by atoms with Crippen molar-refractivity contribution in [1.29, 1.82) is 0 Å². The SMILES string of the molecule is CN1CC[C@H](N(C)C(=O)N2CC(c3cc(F)ccc3F)C[C@@]2(CO)c2ccccc2)[C@H](F)C1. The van der Waals surface area contributed by atoms with Gasteiger partial charge in [-0.15, -0.1) is 0 Å². The maximum atomic E-state index is 14.8. The Labute approximate surface area is 192 Å². The Morgan fingerprint density at radius 1 is 1.18 bits per heavy atom. The molecule has 2 aromatic carbocycles. The van der Waals surface area contributed by atoms with Gasteiger partial charge in [0, 0.05) is 32.6 Å². The van der Waals surface area contributed by atoms with Crippen LogP contribution < -0.4 is 0 Å². The van der Waals surface area contributed by atoms with E-state index in [1.54, 1.807) is 7.05 Å². The first kappa shape index (κ1) is 23.6. The van der Waals surface area contributed by atoms with Gasteiger partial charge in [0.2, 0.25) is 0 Å². The Balaban J connectivity index is 1.71. The van der Waals surface area contributed by atoms with Crippen molar-refractivity contribution < 1.29 is 23.1 Å². The number of rotatable bonds is 4. The van der Waals surface area contributed by atoms with E-state index in [9.17, 15) is 23.1 Å². The van der Waals surface area contributed by atoms with Gasteiger partial charge in [0.05, 0.1) is 18.2 Å². The first-order chi connectivity index (χ1) is 15.8. The van der Waals surface area contributed by atoms with Gasteiger partial charge in [-0.1, -0.05) is 30.3 Å². The Bertz CT molecular complexity index is 992. The molecule has 0 saturated carbocycles. The van der Waals surface area contributed by atoms with Crippen LogP contribution >= 0.6 is 0 Å². The highest BCUT2D eigenvalue weighted by atomic mass is 19.1. The quantitative estimate of drug-likeness (QED) is 0.755. The van der Waals surface area contributed by atoms with E-state index in [0.29, 0.717) is 18.5 Å². The molecule has 2 aliphatic heterocycles. The molecule has 0 radical (unpaired) electrons. The van der Waals surface area contributed by atoms with Crippen molar-refractivity contribution >= 4 is 6.03 Å². The lowest BCUT2D eigenvalue weighted by Gasteiger charge is -2.43. The van der Waals surface area contributed by atoms with Crippen molar-refractivity contribution in [3.63, 3.8) is 0 Å². The molecule has 1 N–H and O–H groups in total. The lowest BCUT2D eigenvalue weighted by Crippen LogP contribution is -2.58. The van der Waals surface area contributed by atoms with Gasteiger partial charge in [0.25, 0.3) is 0 Å². The average Bonchev–Trinajstić information content (AvgIpc) is 3.21. The highest BCUT2D eigenvalue weighted by molar-refractivity contribution is 5.76. The number of urea groups is 1. The van der Waals surface area contributed by atoms with Crippen LogP contribution in [-0.4, -0.2) is 78.4 Å². The second-order valence-corrected chi connectivity index (χ2v) is 9.26. The third kappa shape index (κ3) is 4.34. The molecule has 2 heterocycles. The molecule has 2 aromatic rings. The third-order valence-corrected chi connectivity index (χ3v) is 7.21. The summed E-state index contributed by atoms with van der Waals surface area (Å²) in [6.07, 6.45) is -0.482. The minimum atomic E-state index is -1.20. The molecule has 2 fully saturated rings. The zero-order valence-corrected chi connectivity index (χ0v) is 18.9. The zero-order chi connectivity index (χ0) is 23.8. The monoisotopic (exact) mass is 461 g/mol. The molecule has 178 valence electrons. The van der Waals surface area contributed by atoms with E-state index in [4.69, 9.17) is 0 Å². The normalized spacial score (nSPS) is 28.2. The number of carbonyl (C=O) groups excluding carboxylic acids is 1. The average molecular weight is 462 g/mol. The molecular formula is C25H30F3N3O2. The topological polar surface area (TPSA) is 47.0 Å². The highest BCUT2D eigenvalue weighted by Gasteiger charge is 2.51. The molecule has 5 nitrogen and oxygen atoms in total. The minimum Gasteiger partial charge on any atom is -0.394 e. The molecule has 8 heteroatoms. The van der Waals surface area contributed by atoms with E-state index in [-0.39, 0.29) is 25.1 Å². The fourth-order valence-electron chi connectivity index (χ4n) is 5.35. The molecule has 2 aliphatic rings. The van der Waals surface area contributed by atoms with Crippen LogP contribution in [0.3, 0.4) is 0 Å². The summed E-state index contributed by atoms with van der Waals surface area (Å²) in [7, 11) is 3.42. The number of hydrogen-bond donors (Lipinski definition) is 1. The second-order valence-electron chi connectivity index (χ2n) is 9.26. The largest absolute Gasteiger partial charge is 0.394 e. The summed E-state index contributed by atoms with van der Waals surface area (Å²) >= 11 is 0. The molecule has 0 aliphatic carbocycles. The number of aliphatic hydroxyl groups is 1. The van der Waals surface area contributed by atoms with E-state index in [0.717, 1.165) is 18.2 Å². The number of piperidine rings is 1. The fourth-order valence-corrected chi connectivity index (χ4v) is 5.35. The van der Waals surface area contributed by atoms with Crippen molar-refractivity contribution in [2.45, 2.75) is 36.5 Å². The van der Waals surface area contributed by atoms with Crippen molar-refractivity contribution in [2.24, 2.45) is 0 Å². The summed E-state index contributed by atoms with van der Waals surface area (Å²) < 4.78 is 43.4. The van der Waals surface area contributed by atoms with Gasteiger partial charge in [-0.3, -0.25) is 0 Å². The Morgan fingerprint density at radius 2 is 1.91 bits per heavy atom. The van der Waals surface area contributed by atoms with E-state index < -0.39 is 47.9 Å². The van der Waals surface area contributed by atoms with E-state index >= 15 is 0 Å². The van der Waals surface area contributed by atoms with Crippen LogP contribution in [0.15, 0.2) is 48.5 Å². The molecule has 2 amide bonds. The van der Waals surface area contributed by atoms with Gasteiger partial charge in [0.1, 0.15) is 17.8 Å². The summed E-state index contributed by atoms with van der Waals surface area (Å²) in [5.74, 6) is -1.64. The fraction of sp³-hybridized carbons (Fsp3) is 0.480. The molecule has 0 aromatic heterocycles. The first-order valence-corrected chi connectivity index (χ1v) is 11.2. The van der Waals surface area contributed by atoms with Gasteiger partial charge >= 0.3 is 6.03 Å². The molecule has 4 rings (SSSR count). The molecule has 1 unspecified atom stereocenters. The molecular weight excluding hydrogens is 431 g/mol. The van der Waals surface area contributed by atoms with Gasteiger partial charge in [-0.2, -0.15) is 0 Å². The van der Waals surface area contributed by atoms with Gasteiger partial charge in [-0.05, 0) is 49.2 Å². The van der Waals surface area contributed by atoms with E-state index in [1.807, 2.05) is 42.3 Å². The number of alkyl halides is 1.